The number of carbonyl (C=O) groups excluding carboxylic acids is 1. The molecule has 0 aliphatic heterocycles. The quantitative estimate of drug-likeness (QED) is 0.305. The third kappa shape index (κ3) is 5.34. The first-order valence-electron chi connectivity index (χ1n) is 11.5. The maximum atomic E-state index is 12.2. The fraction of sp³-hybridized carbons (Fsp3) is 0.269. The summed E-state index contributed by atoms with van der Waals surface area (Å²) in [6.45, 7) is 5.21. The zero-order valence-corrected chi connectivity index (χ0v) is 22.0. The van der Waals surface area contributed by atoms with Crippen LogP contribution in [0.3, 0.4) is 0 Å². The highest BCUT2D eigenvalue weighted by Gasteiger charge is 2.17. The van der Waals surface area contributed by atoms with E-state index in [0.717, 1.165) is 40.3 Å². The topological polar surface area (TPSA) is 87.5 Å². The highest BCUT2D eigenvalue weighted by Crippen LogP contribution is 2.39. The normalized spacial score (nSPS) is 11.1. The number of thiophene rings is 1. The van der Waals surface area contributed by atoms with Crippen molar-refractivity contribution in [3.8, 4) is 17.0 Å². The Morgan fingerprint density at radius 3 is 2.72 bits per heavy atom. The van der Waals surface area contributed by atoms with Gasteiger partial charge < -0.3 is 25.2 Å². The molecule has 4 rings (SSSR count). The average molecular weight is 506 g/mol. The number of rotatable bonds is 10. The number of ether oxygens (including phenoxy) is 1. The number of aromatic nitrogens is 3. The number of pyridine rings is 1. The highest BCUT2D eigenvalue weighted by atomic mass is 32.1. The molecule has 0 radical (unpaired) electrons. The van der Waals surface area contributed by atoms with E-state index in [-0.39, 0.29) is 5.91 Å². The summed E-state index contributed by atoms with van der Waals surface area (Å²) < 4.78 is 8.73. The van der Waals surface area contributed by atoms with Gasteiger partial charge in [0, 0.05) is 45.0 Å². The van der Waals surface area contributed by atoms with Crippen LogP contribution in [0.15, 0.2) is 54.6 Å². The van der Waals surface area contributed by atoms with E-state index in [2.05, 4.69) is 43.4 Å². The number of methoxy groups -OCH3 is 1. The molecule has 0 saturated carbocycles. The van der Waals surface area contributed by atoms with Crippen molar-refractivity contribution in [2.45, 2.75) is 0 Å². The highest BCUT2D eigenvalue weighted by molar-refractivity contribution is 7.17. The Kier molecular flexibility index (Phi) is 7.56. The average Bonchev–Trinajstić information content (AvgIpc) is 3.47. The third-order valence-electron chi connectivity index (χ3n) is 5.81. The van der Waals surface area contributed by atoms with Crippen LogP contribution in [0.25, 0.3) is 21.5 Å². The minimum atomic E-state index is -0.288. The molecule has 0 saturated heterocycles. The van der Waals surface area contributed by atoms with Crippen LogP contribution in [0.5, 0.6) is 5.75 Å². The molecule has 0 aliphatic rings. The molecule has 36 heavy (non-hydrogen) atoms. The summed E-state index contributed by atoms with van der Waals surface area (Å²) >= 11 is 1.67. The second kappa shape index (κ2) is 10.8. The summed E-state index contributed by atoms with van der Waals surface area (Å²) in [5, 5.41) is 13.0. The Balaban J connectivity index is 1.70. The largest absolute Gasteiger partial charge is 0.494 e. The summed E-state index contributed by atoms with van der Waals surface area (Å²) in [6.07, 6.45) is 3.01. The van der Waals surface area contributed by atoms with E-state index in [9.17, 15) is 4.79 Å². The van der Waals surface area contributed by atoms with Gasteiger partial charge in [0.1, 0.15) is 17.3 Å². The number of fused-ring (bicyclic) bond motifs is 1. The lowest BCUT2D eigenvalue weighted by molar-refractivity contribution is -0.111. The number of amides is 1. The number of benzene rings is 1. The molecule has 1 aromatic carbocycles. The summed E-state index contributed by atoms with van der Waals surface area (Å²) in [5.41, 5.74) is 5.12. The molecule has 0 unspecified atom stereocenters. The number of carbonyl (C=O) groups is 1. The molecule has 9 nitrogen and oxygen atoms in total. The monoisotopic (exact) mass is 505 g/mol. The van der Waals surface area contributed by atoms with Crippen LogP contribution in [0, 0.1) is 0 Å². The lowest BCUT2D eigenvalue weighted by atomic mass is 10.1. The van der Waals surface area contributed by atoms with E-state index in [4.69, 9.17) is 9.84 Å². The predicted molar refractivity (Wildman–Crippen MR) is 149 cm³/mol. The Bertz CT molecular complexity index is 1390. The predicted octanol–water partition coefficient (Wildman–Crippen LogP) is 4.57. The minimum Gasteiger partial charge on any atom is -0.494 e. The van der Waals surface area contributed by atoms with Gasteiger partial charge in [-0.25, -0.2) is 4.98 Å². The molecule has 0 spiro atoms. The fourth-order valence-corrected chi connectivity index (χ4v) is 4.79. The van der Waals surface area contributed by atoms with Gasteiger partial charge in [0.2, 0.25) is 5.91 Å². The van der Waals surface area contributed by atoms with E-state index in [0.29, 0.717) is 22.9 Å². The maximum Gasteiger partial charge on any atom is 0.247 e. The molecule has 188 valence electrons. The molecular formula is C26H31N7O2S. The molecule has 3 aromatic heterocycles. The van der Waals surface area contributed by atoms with Gasteiger partial charge in [0.15, 0.2) is 0 Å². The van der Waals surface area contributed by atoms with Crippen LogP contribution >= 0.6 is 11.3 Å². The summed E-state index contributed by atoms with van der Waals surface area (Å²) in [4.78, 5) is 20.9. The van der Waals surface area contributed by atoms with Crippen LogP contribution in [0.1, 0.15) is 0 Å². The lowest BCUT2D eigenvalue weighted by Gasteiger charge is -2.26. The number of hydrogen-bond donors (Lipinski definition) is 2. The molecule has 4 aromatic rings. The maximum absolute atomic E-state index is 12.2. The van der Waals surface area contributed by atoms with Crippen molar-refractivity contribution in [1.82, 2.24) is 19.7 Å². The summed E-state index contributed by atoms with van der Waals surface area (Å²) in [6, 6.07) is 9.74. The molecular weight excluding hydrogens is 474 g/mol. The molecule has 10 heteroatoms. The van der Waals surface area contributed by atoms with Gasteiger partial charge in [-0.2, -0.15) is 5.10 Å². The number of nitrogens with zero attached hydrogens (tertiary/aromatic N) is 5. The van der Waals surface area contributed by atoms with Crippen LogP contribution in [0.4, 0.5) is 22.9 Å². The van der Waals surface area contributed by atoms with E-state index in [1.807, 2.05) is 57.1 Å². The van der Waals surface area contributed by atoms with E-state index >= 15 is 0 Å². The van der Waals surface area contributed by atoms with Crippen molar-refractivity contribution >= 4 is 50.3 Å². The van der Waals surface area contributed by atoms with Crippen LogP contribution in [-0.2, 0) is 11.8 Å². The van der Waals surface area contributed by atoms with E-state index in [1.165, 1.54) is 6.08 Å². The van der Waals surface area contributed by atoms with Crippen molar-refractivity contribution in [1.29, 1.82) is 0 Å². The number of nitrogens with one attached hydrogen (secondary N) is 2. The van der Waals surface area contributed by atoms with Gasteiger partial charge in [-0.05, 0) is 49.8 Å². The van der Waals surface area contributed by atoms with Gasteiger partial charge in [0.05, 0.1) is 34.4 Å². The zero-order valence-electron chi connectivity index (χ0n) is 21.2. The second-order valence-electron chi connectivity index (χ2n) is 8.65. The second-order valence-corrected chi connectivity index (χ2v) is 9.57. The number of anilines is 4. The van der Waals surface area contributed by atoms with Gasteiger partial charge in [-0.3, -0.25) is 9.48 Å². The minimum absolute atomic E-state index is 0.288. The Morgan fingerprint density at radius 1 is 1.19 bits per heavy atom. The van der Waals surface area contributed by atoms with Gasteiger partial charge in [-0.15, -0.1) is 11.3 Å². The Labute approximate surface area is 215 Å². The number of hydrogen-bond acceptors (Lipinski definition) is 8. The van der Waals surface area contributed by atoms with Crippen molar-refractivity contribution in [2.24, 2.45) is 7.05 Å². The first kappa shape index (κ1) is 25.2. The third-order valence-corrected chi connectivity index (χ3v) is 6.72. The standard InChI is InChI=1S/C26H31N7O2S/c1-7-24(34)29-18-15-19(22(35-6)16-21(18)32(4)12-11-31(2)3)28-23-14-17(8-10-27-23)25-26-20(9-13-36-26)33(5)30-25/h7-10,13-16H,1,11-12H2,2-6H3,(H,27,28)(H,29,34). The smallest absolute Gasteiger partial charge is 0.247 e. The Morgan fingerprint density at radius 2 is 2.00 bits per heavy atom. The van der Waals surface area contributed by atoms with Crippen molar-refractivity contribution in [3.05, 3.63) is 54.6 Å². The fourth-order valence-electron chi connectivity index (χ4n) is 3.86. The molecule has 3 heterocycles. The van der Waals surface area contributed by atoms with Gasteiger partial charge in [-0.1, -0.05) is 6.58 Å². The lowest BCUT2D eigenvalue weighted by Crippen LogP contribution is -2.29. The SMILES string of the molecule is C=CC(=O)Nc1cc(Nc2cc(-c3nn(C)c4ccsc34)ccn2)c(OC)cc1N(C)CCN(C)C. The van der Waals surface area contributed by atoms with Crippen LogP contribution in [-0.4, -0.2) is 66.9 Å². The number of aryl methyl sites for hydroxylation is 1. The van der Waals surface area contributed by atoms with Crippen molar-refractivity contribution in [3.63, 3.8) is 0 Å². The van der Waals surface area contributed by atoms with E-state index in [1.54, 1.807) is 24.6 Å². The van der Waals surface area contributed by atoms with Crippen LogP contribution in [0.2, 0.25) is 0 Å². The Hall–Kier alpha value is -3.89. The molecule has 0 aliphatic carbocycles. The zero-order chi connectivity index (χ0) is 25.8. The van der Waals surface area contributed by atoms with Crippen molar-refractivity contribution < 1.29 is 9.53 Å². The first-order chi connectivity index (χ1) is 17.3. The van der Waals surface area contributed by atoms with Gasteiger partial charge in [0.25, 0.3) is 0 Å². The summed E-state index contributed by atoms with van der Waals surface area (Å²) in [7, 11) is 9.60. The molecule has 2 N–H and O–H groups in total. The molecule has 0 atom stereocenters. The molecule has 0 fully saturated rings. The van der Waals surface area contributed by atoms with E-state index < -0.39 is 0 Å². The first-order valence-corrected chi connectivity index (χ1v) is 12.3. The summed E-state index contributed by atoms with van der Waals surface area (Å²) in [5.74, 6) is 0.975. The van der Waals surface area contributed by atoms with Crippen molar-refractivity contribution in [2.75, 3.05) is 56.9 Å². The molecule has 0 bridgehead atoms. The van der Waals surface area contributed by atoms with Crippen LogP contribution < -0.4 is 20.3 Å². The van der Waals surface area contributed by atoms with Gasteiger partial charge >= 0.3 is 0 Å². The number of likely N-dealkylation sites (N-methyl/N-ethyl adjacent to an activating group) is 2. The molecule has 1 amide bonds.